The van der Waals surface area contributed by atoms with Gasteiger partial charge in [-0.2, -0.15) is 0 Å². The Bertz CT molecular complexity index is 485. The van der Waals surface area contributed by atoms with E-state index in [-0.39, 0.29) is 5.91 Å². The van der Waals surface area contributed by atoms with Crippen molar-refractivity contribution in [2.24, 2.45) is 5.73 Å². The van der Waals surface area contributed by atoms with Crippen molar-refractivity contribution in [3.05, 3.63) is 23.8 Å². The molecule has 116 valence electrons. The molecule has 1 saturated heterocycles. The molecule has 1 fully saturated rings. The van der Waals surface area contributed by atoms with Crippen LogP contribution < -0.4 is 20.5 Å². The number of amides is 1. The van der Waals surface area contributed by atoms with Gasteiger partial charge >= 0.3 is 0 Å². The second kappa shape index (κ2) is 7.28. The number of hydrogen-bond donors (Lipinski definition) is 2. The van der Waals surface area contributed by atoms with Crippen LogP contribution in [0, 0.1) is 0 Å². The van der Waals surface area contributed by atoms with Crippen LogP contribution >= 0.6 is 0 Å². The Balaban J connectivity index is 2.35. The third-order valence-electron chi connectivity index (χ3n) is 3.74. The van der Waals surface area contributed by atoms with Crippen LogP contribution in [0.1, 0.15) is 18.0 Å². The monoisotopic (exact) mass is 293 g/mol. The van der Waals surface area contributed by atoms with Gasteiger partial charge in [-0.05, 0) is 25.1 Å². The van der Waals surface area contributed by atoms with E-state index in [1.807, 2.05) is 12.1 Å². The first kappa shape index (κ1) is 15.6. The molecule has 1 atom stereocenters. The molecule has 1 aliphatic rings. The van der Waals surface area contributed by atoms with Crippen LogP contribution in [-0.2, 0) is 4.79 Å². The Hall–Kier alpha value is -1.79. The minimum absolute atomic E-state index is 0.361. The van der Waals surface area contributed by atoms with Crippen LogP contribution in [-0.4, -0.2) is 51.2 Å². The van der Waals surface area contributed by atoms with Crippen LogP contribution in [0.2, 0.25) is 0 Å². The molecule has 0 bridgehead atoms. The van der Waals surface area contributed by atoms with Crippen LogP contribution in [0.4, 0.5) is 0 Å². The van der Waals surface area contributed by atoms with Crippen molar-refractivity contribution in [2.45, 2.75) is 12.5 Å². The highest BCUT2D eigenvalue weighted by Gasteiger charge is 2.29. The molecule has 1 amide bonds. The first-order chi connectivity index (χ1) is 10.2. The molecule has 1 aromatic rings. The summed E-state index contributed by atoms with van der Waals surface area (Å²) in [4.78, 5) is 14.1. The number of benzene rings is 1. The number of primary amides is 1. The Labute approximate surface area is 125 Å². The maximum absolute atomic E-state index is 12.0. The number of nitrogens with two attached hydrogens (primary N) is 1. The third-order valence-corrected chi connectivity index (χ3v) is 3.74. The highest BCUT2D eigenvalue weighted by molar-refractivity contribution is 5.82. The molecule has 6 heteroatoms. The predicted octanol–water partition coefficient (Wildman–Crippen LogP) is 0.526. The number of nitrogens with zero attached hydrogens (tertiary/aromatic N) is 1. The number of nitrogens with one attached hydrogen (secondary N) is 1. The molecule has 1 unspecified atom stereocenters. The van der Waals surface area contributed by atoms with Crippen LogP contribution in [0.5, 0.6) is 11.5 Å². The molecule has 6 nitrogen and oxygen atoms in total. The van der Waals surface area contributed by atoms with Crippen molar-refractivity contribution in [1.82, 2.24) is 10.2 Å². The predicted molar refractivity (Wildman–Crippen MR) is 80.5 cm³/mol. The molecule has 0 aliphatic carbocycles. The minimum atomic E-state index is -0.481. The van der Waals surface area contributed by atoms with E-state index in [9.17, 15) is 4.79 Å². The van der Waals surface area contributed by atoms with Gasteiger partial charge in [0.15, 0.2) is 0 Å². The fourth-order valence-corrected chi connectivity index (χ4v) is 2.70. The Morgan fingerprint density at radius 3 is 2.76 bits per heavy atom. The van der Waals surface area contributed by atoms with Crippen molar-refractivity contribution in [3.63, 3.8) is 0 Å². The van der Waals surface area contributed by atoms with E-state index in [4.69, 9.17) is 15.2 Å². The minimum Gasteiger partial charge on any atom is -0.497 e. The average molecular weight is 293 g/mol. The molecule has 0 radical (unpaired) electrons. The van der Waals surface area contributed by atoms with E-state index < -0.39 is 6.04 Å². The third kappa shape index (κ3) is 3.65. The quantitative estimate of drug-likeness (QED) is 0.828. The fraction of sp³-hybridized carbons (Fsp3) is 0.533. The summed E-state index contributed by atoms with van der Waals surface area (Å²) < 4.78 is 10.6. The first-order valence-corrected chi connectivity index (χ1v) is 7.13. The number of carbonyl (C=O) groups excluding carboxylic acids is 1. The molecule has 2 rings (SSSR count). The van der Waals surface area contributed by atoms with Gasteiger partial charge in [0.1, 0.15) is 17.5 Å². The van der Waals surface area contributed by atoms with E-state index in [1.54, 1.807) is 20.3 Å². The van der Waals surface area contributed by atoms with E-state index >= 15 is 0 Å². The SMILES string of the molecule is COc1ccc(C(C(N)=O)N2CCCNCC2)c(OC)c1. The zero-order valence-electron chi connectivity index (χ0n) is 12.6. The van der Waals surface area contributed by atoms with E-state index in [1.165, 1.54) is 0 Å². The van der Waals surface area contributed by atoms with Gasteiger partial charge in [0.25, 0.3) is 0 Å². The van der Waals surface area contributed by atoms with E-state index in [0.29, 0.717) is 11.5 Å². The lowest BCUT2D eigenvalue weighted by molar-refractivity contribution is -0.123. The first-order valence-electron chi connectivity index (χ1n) is 7.13. The van der Waals surface area contributed by atoms with Crippen molar-refractivity contribution in [1.29, 1.82) is 0 Å². The number of hydrogen-bond acceptors (Lipinski definition) is 5. The molecule has 21 heavy (non-hydrogen) atoms. The molecule has 0 saturated carbocycles. The molecule has 3 N–H and O–H groups in total. The highest BCUT2D eigenvalue weighted by Crippen LogP contribution is 2.32. The summed E-state index contributed by atoms with van der Waals surface area (Å²) in [6.45, 7) is 3.42. The summed E-state index contributed by atoms with van der Waals surface area (Å²) in [6, 6.07) is 4.97. The zero-order valence-corrected chi connectivity index (χ0v) is 12.6. The van der Waals surface area contributed by atoms with Crippen molar-refractivity contribution in [3.8, 4) is 11.5 Å². The summed E-state index contributed by atoms with van der Waals surface area (Å²) in [5.41, 5.74) is 6.44. The average Bonchev–Trinajstić information content (AvgIpc) is 2.76. The lowest BCUT2D eigenvalue weighted by atomic mass is 10.0. The molecule has 0 aromatic heterocycles. The second-order valence-electron chi connectivity index (χ2n) is 5.05. The maximum atomic E-state index is 12.0. The van der Waals surface area contributed by atoms with E-state index in [2.05, 4.69) is 10.2 Å². The van der Waals surface area contributed by atoms with Crippen molar-refractivity contribution < 1.29 is 14.3 Å². The summed E-state index contributed by atoms with van der Waals surface area (Å²) in [7, 11) is 3.18. The Kier molecular flexibility index (Phi) is 5.41. The number of methoxy groups -OCH3 is 2. The lowest BCUT2D eigenvalue weighted by Crippen LogP contribution is -2.40. The highest BCUT2D eigenvalue weighted by atomic mass is 16.5. The zero-order chi connectivity index (χ0) is 15.2. The van der Waals surface area contributed by atoms with Gasteiger partial charge in [-0.25, -0.2) is 0 Å². The van der Waals surface area contributed by atoms with Gasteiger partial charge in [-0.3, -0.25) is 9.69 Å². The number of rotatable bonds is 5. The van der Waals surface area contributed by atoms with Gasteiger partial charge < -0.3 is 20.5 Å². The molecule has 1 aromatic carbocycles. The van der Waals surface area contributed by atoms with Crippen LogP contribution in [0.25, 0.3) is 0 Å². The van der Waals surface area contributed by atoms with Crippen molar-refractivity contribution in [2.75, 3.05) is 40.4 Å². The lowest BCUT2D eigenvalue weighted by Gasteiger charge is -2.29. The standard InChI is InChI=1S/C15H23N3O3/c1-20-11-4-5-12(13(10-11)21-2)14(15(16)19)18-8-3-6-17-7-9-18/h4-5,10,14,17H,3,6-9H2,1-2H3,(H2,16,19). The summed E-state index contributed by atoms with van der Waals surface area (Å²) in [6.07, 6.45) is 0.988. The Morgan fingerprint density at radius 1 is 1.29 bits per heavy atom. The second-order valence-corrected chi connectivity index (χ2v) is 5.05. The van der Waals surface area contributed by atoms with Crippen molar-refractivity contribution >= 4 is 5.91 Å². The molecule has 1 heterocycles. The topological polar surface area (TPSA) is 76.8 Å². The summed E-state index contributed by atoms with van der Waals surface area (Å²) in [5.74, 6) is 0.951. The van der Waals surface area contributed by atoms with Crippen LogP contribution in [0.3, 0.4) is 0 Å². The largest absolute Gasteiger partial charge is 0.497 e. The van der Waals surface area contributed by atoms with Gasteiger partial charge in [0, 0.05) is 31.3 Å². The van der Waals surface area contributed by atoms with Gasteiger partial charge in [0.05, 0.1) is 14.2 Å². The van der Waals surface area contributed by atoms with E-state index in [0.717, 1.165) is 38.2 Å². The molecule has 0 spiro atoms. The fourth-order valence-electron chi connectivity index (χ4n) is 2.70. The summed E-state index contributed by atoms with van der Waals surface area (Å²) >= 11 is 0. The molecular formula is C15H23N3O3. The Morgan fingerprint density at radius 2 is 2.10 bits per heavy atom. The number of carbonyl (C=O) groups is 1. The smallest absolute Gasteiger partial charge is 0.239 e. The van der Waals surface area contributed by atoms with Crippen LogP contribution in [0.15, 0.2) is 18.2 Å². The summed E-state index contributed by atoms with van der Waals surface area (Å²) in [5, 5.41) is 3.32. The normalized spacial score (nSPS) is 17.8. The number of ether oxygens (including phenoxy) is 2. The molecule has 1 aliphatic heterocycles. The van der Waals surface area contributed by atoms with Gasteiger partial charge in [-0.1, -0.05) is 0 Å². The van der Waals surface area contributed by atoms with Gasteiger partial charge in [0.2, 0.25) is 5.91 Å². The molecular weight excluding hydrogens is 270 g/mol. The maximum Gasteiger partial charge on any atom is 0.239 e. The van der Waals surface area contributed by atoms with Gasteiger partial charge in [-0.15, -0.1) is 0 Å².